The molecule has 1 rings (SSSR count). The lowest BCUT2D eigenvalue weighted by atomic mass is 9.94. The molecule has 0 spiro atoms. The van der Waals surface area contributed by atoms with E-state index in [0.29, 0.717) is 0 Å². The van der Waals surface area contributed by atoms with Crippen molar-refractivity contribution in [3.63, 3.8) is 0 Å². The number of H-pyrrole nitrogens is 2. The van der Waals surface area contributed by atoms with Crippen LogP contribution in [0.5, 0.6) is 0 Å². The van der Waals surface area contributed by atoms with Crippen LogP contribution in [0.1, 0.15) is 26.3 Å². The molecule has 0 amide bonds. The monoisotopic (exact) mass is 278 g/mol. The topological polar surface area (TPSA) is 75.0 Å². The van der Waals surface area contributed by atoms with E-state index in [0.717, 1.165) is 0 Å². The summed E-state index contributed by atoms with van der Waals surface area (Å²) in [5.74, 6) is 0. The van der Waals surface area contributed by atoms with E-state index in [4.69, 9.17) is 16.3 Å². The Hall–Kier alpha value is -1.14. The first-order valence-electron chi connectivity index (χ1n) is 5.40. The van der Waals surface area contributed by atoms with Gasteiger partial charge in [0.15, 0.2) is 0 Å². The first-order valence-corrected chi connectivity index (χ1v) is 5.78. The number of aromatic amines is 2. The molecule has 5 nitrogen and oxygen atoms in total. The zero-order valence-electron chi connectivity index (χ0n) is 10.5. The molecule has 2 N–H and O–H groups in total. The van der Waals surface area contributed by atoms with Crippen molar-refractivity contribution in [1.82, 2.24) is 9.97 Å². The normalized spacial score (nSPS) is 15.4. The van der Waals surface area contributed by atoms with Crippen LogP contribution >= 0.6 is 11.6 Å². The van der Waals surface area contributed by atoms with E-state index >= 15 is 0 Å². The van der Waals surface area contributed by atoms with E-state index in [-0.39, 0.29) is 18.8 Å². The standard InChI is InChI=1S/C11H16ClFN2O3/c1-10(2,12)11(3,13)6-18-5-7-4-14-9(17)15-8(7)16/h4H,5-6H2,1-3H3,(H2,14,15,16,17). The summed E-state index contributed by atoms with van der Waals surface area (Å²) < 4.78 is 19.2. The molecule has 0 aromatic carbocycles. The molecule has 0 radical (unpaired) electrons. The van der Waals surface area contributed by atoms with Gasteiger partial charge in [-0.25, -0.2) is 9.18 Å². The quantitative estimate of drug-likeness (QED) is 0.798. The Morgan fingerprint density at radius 2 is 2.00 bits per heavy atom. The number of nitrogens with one attached hydrogen (secondary N) is 2. The van der Waals surface area contributed by atoms with Crippen LogP contribution in [0, 0.1) is 0 Å². The van der Waals surface area contributed by atoms with Gasteiger partial charge >= 0.3 is 5.69 Å². The Morgan fingerprint density at radius 3 is 2.50 bits per heavy atom. The maximum atomic E-state index is 14.1. The van der Waals surface area contributed by atoms with Gasteiger partial charge in [0.2, 0.25) is 0 Å². The van der Waals surface area contributed by atoms with Crippen molar-refractivity contribution < 1.29 is 9.13 Å². The highest BCUT2D eigenvalue weighted by molar-refractivity contribution is 6.24. The summed E-state index contributed by atoms with van der Waals surface area (Å²) in [7, 11) is 0. The average Bonchev–Trinajstić information content (AvgIpc) is 2.19. The van der Waals surface area contributed by atoms with E-state index in [1.165, 1.54) is 13.1 Å². The van der Waals surface area contributed by atoms with Crippen molar-refractivity contribution >= 4 is 11.6 Å². The van der Waals surface area contributed by atoms with Crippen molar-refractivity contribution in [3.05, 3.63) is 32.6 Å². The lowest BCUT2D eigenvalue weighted by molar-refractivity contribution is -0.00138. The summed E-state index contributed by atoms with van der Waals surface area (Å²) in [6, 6.07) is 0. The van der Waals surface area contributed by atoms with Crippen molar-refractivity contribution in [2.45, 2.75) is 37.9 Å². The van der Waals surface area contributed by atoms with Crippen molar-refractivity contribution in [2.24, 2.45) is 0 Å². The predicted octanol–water partition coefficient (Wildman–Crippen LogP) is 1.33. The minimum Gasteiger partial charge on any atom is -0.373 e. The molecule has 0 bridgehead atoms. The molecular weight excluding hydrogens is 263 g/mol. The van der Waals surface area contributed by atoms with Crippen LogP contribution in [0.3, 0.4) is 0 Å². The average molecular weight is 279 g/mol. The van der Waals surface area contributed by atoms with E-state index in [9.17, 15) is 14.0 Å². The Balaban J connectivity index is 2.62. The first-order chi connectivity index (χ1) is 8.13. The molecular formula is C11H16ClFN2O3. The molecule has 0 aliphatic heterocycles. The molecule has 0 aliphatic carbocycles. The Bertz CT molecular complexity index is 516. The fourth-order valence-electron chi connectivity index (χ4n) is 1.07. The maximum Gasteiger partial charge on any atom is 0.325 e. The van der Waals surface area contributed by atoms with Gasteiger partial charge in [-0.15, -0.1) is 11.6 Å². The molecule has 1 atom stereocenters. The number of rotatable bonds is 5. The summed E-state index contributed by atoms with van der Waals surface area (Å²) in [4.78, 5) is 25.4. The van der Waals surface area contributed by atoms with Gasteiger partial charge in [-0.2, -0.15) is 0 Å². The largest absolute Gasteiger partial charge is 0.373 e. The maximum absolute atomic E-state index is 14.1. The number of hydrogen-bond acceptors (Lipinski definition) is 3. The molecule has 1 aromatic rings. The van der Waals surface area contributed by atoms with Crippen LogP contribution in [0.2, 0.25) is 0 Å². The second-order valence-corrected chi connectivity index (χ2v) is 5.70. The summed E-state index contributed by atoms with van der Waals surface area (Å²) in [6.45, 7) is 4.08. The van der Waals surface area contributed by atoms with Crippen molar-refractivity contribution in [1.29, 1.82) is 0 Å². The van der Waals surface area contributed by atoms with Gasteiger partial charge in [0.25, 0.3) is 5.56 Å². The molecule has 0 saturated carbocycles. The minimum absolute atomic E-state index is 0.0986. The van der Waals surface area contributed by atoms with Crippen LogP contribution in [0.4, 0.5) is 4.39 Å². The summed E-state index contributed by atoms with van der Waals surface area (Å²) >= 11 is 5.89. The lowest BCUT2D eigenvalue weighted by Crippen LogP contribution is -2.43. The van der Waals surface area contributed by atoms with Gasteiger partial charge < -0.3 is 9.72 Å². The summed E-state index contributed by atoms with van der Waals surface area (Å²) in [5, 5.41) is 0. The van der Waals surface area contributed by atoms with Gasteiger partial charge in [0.1, 0.15) is 5.67 Å². The van der Waals surface area contributed by atoms with E-state index in [1.807, 2.05) is 0 Å². The van der Waals surface area contributed by atoms with Gasteiger partial charge in [-0.1, -0.05) is 0 Å². The third-order valence-corrected chi connectivity index (χ3v) is 3.16. The number of hydrogen-bond donors (Lipinski definition) is 2. The fraction of sp³-hybridized carbons (Fsp3) is 0.636. The molecule has 0 fully saturated rings. The molecule has 0 saturated heterocycles. The molecule has 18 heavy (non-hydrogen) atoms. The zero-order chi connectivity index (χ0) is 14.0. The number of halogens is 2. The van der Waals surface area contributed by atoms with Gasteiger partial charge in [-0.3, -0.25) is 9.78 Å². The highest BCUT2D eigenvalue weighted by Gasteiger charge is 2.40. The van der Waals surface area contributed by atoms with E-state index in [2.05, 4.69) is 9.97 Å². The predicted molar refractivity (Wildman–Crippen MR) is 66.8 cm³/mol. The van der Waals surface area contributed by atoms with Crippen LogP contribution in [0.25, 0.3) is 0 Å². The van der Waals surface area contributed by atoms with Crippen molar-refractivity contribution in [3.8, 4) is 0 Å². The van der Waals surface area contributed by atoms with Crippen LogP contribution in [0.15, 0.2) is 15.8 Å². The smallest absolute Gasteiger partial charge is 0.325 e. The zero-order valence-corrected chi connectivity index (χ0v) is 11.2. The lowest BCUT2D eigenvalue weighted by Gasteiger charge is -2.31. The van der Waals surface area contributed by atoms with Crippen LogP contribution < -0.4 is 11.2 Å². The molecule has 1 unspecified atom stereocenters. The summed E-state index contributed by atoms with van der Waals surface area (Å²) in [5.41, 5.74) is -2.66. The Kier molecular flexibility index (Phi) is 4.34. The van der Waals surface area contributed by atoms with E-state index in [1.54, 1.807) is 13.8 Å². The minimum atomic E-state index is -1.73. The summed E-state index contributed by atoms with van der Waals surface area (Å²) in [6.07, 6.45) is 1.24. The number of alkyl halides is 2. The highest BCUT2D eigenvalue weighted by Crippen LogP contribution is 2.32. The first kappa shape index (κ1) is 14.9. The molecule has 0 aliphatic rings. The van der Waals surface area contributed by atoms with Crippen LogP contribution in [-0.2, 0) is 11.3 Å². The SMILES string of the molecule is CC(C)(Cl)C(C)(F)COCc1c[nH]c(=O)[nH]c1=O. The highest BCUT2D eigenvalue weighted by atomic mass is 35.5. The fourth-order valence-corrected chi connectivity index (χ4v) is 1.12. The molecule has 1 heterocycles. The molecule has 1 aromatic heterocycles. The van der Waals surface area contributed by atoms with Gasteiger partial charge in [0.05, 0.1) is 23.7 Å². The Morgan fingerprint density at radius 1 is 1.39 bits per heavy atom. The second kappa shape index (κ2) is 5.24. The van der Waals surface area contributed by atoms with Gasteiger partial charge in [0, 0.05) is 6.20 Å². The second-order valence-electron chi connectivity index (χ2n) is 4.76. The third kappa shape index (κ3) is 3.68. The van der Waals surface area contributed by atoms with Crippen LogP contribution in [-0.4, -0.2) is 27.1 Å². The van der Waals surface area contributed by atoms with Gasteiger partial charge in [-0.05, 0) is 20.8 Å². The number of aromatic nitrogens is 2. The molecule has 102 valence electrons. The van der Waals surface area contributed by atoms with Crippen molar-refractivity contribution in [2.75, 3.05) is 6.61 Å². The number of ether oxygens (including phenoxy) is 1. The van der Waals surface area contributed by atoms with E-state index < -0.39 is 21.8 Å². The molecule has 7 heteroatoms. The third-order valence-electron chi connectivity index (χ3n) is 2.77. The Labute approximate surface area is 108 Å².